The van der Waals surface area contributed by atoms with E-state index in [0.29, 0.717) is 12.0 Å². The maximum atomic E-state index is 13.8. The molecule has 0 aliphatic carbocycles. The molecule has 0 N–H and O–H groups in total. The van der Waals surface area contributed by atoms with Gasteiger partial charge < -0.3 is 4.57 Å². The maximum Gasteiger partial charge on any atom is 0.124 e. The lowest BCUT2D eigenvalue weighted by atomic mass is 9.86. The smallest absolute Gasteiger partial charge is 0.124 e. The van der Waals surface area contributed by atoms with E-state index in [1.807, 2.05) is 6.07 Å². The lowest BCUT2D eigenvalue weighted by Gasteiger charge is -2.39. The van der Waals surface area contributed by atoms with Gasteiger partial charge in [0.15, 0.2) is 0 Å². The highest BCUT2D eigenvalue weighted by Crippen LogP contribution is 2.38. The Balaban J connectivity index is 2.04. The Kier molecular flexibility index (Phi) is 2.19. The Morgan fingerprint density at radius 1 is 1.26 bits per heavy atom. The van der Waals surface area contributed by atoms with E-state index < -0.39 is 0 Å². The van der Waals surface area contributed by atoms with Gasteiger partial charge in [-0.3, -0.25) is 4.90 Å². The summed E-state index contributed by atoms with van der Waals surface area (Å²) in [7, 11) is 2.17. The third-order valence-corrected chi connectivity index (χ3v) is 4.44. The number of likely N-dealkylation sites (N-methyl/N-ethyl adjacent to an activating group) is 1. The fraction of sp³-hybridized carbons (Fsp3) is 0.375. The Hall–Kier alpha value is -1.61. The summed E-state index contributed by atoms with van der Waals surface area (Å²) in [4.78, 5) is 2.39. The van der Waals surface area contributed by atoms with Gasteiger partial charge in [-0.2, -0.15) is 0 Å². The molecule has 0 unspecified atom stereocenters. The van der Waals surface area contributed by atoms with Crippen LogP contribution < -0.4 is 0 Å². The predicted octanol–water partition coefficient (Wildman–Crippen LogP) is 3.13. The van der Waals surface area contributed by atoms with Crippen molar-refractivity contribution in [2.75, 3.05) is 13.6 Å². The highest BCUT2D eigenvalue weighted by molar-refractivity contribution is 5.94. The van der Waals surface area contributed by atoms with E-state index in [4.69, 9.17) is 0 Å². The molecule has 0 radical (unpaired) electrons. The molecule has 0 fully saturated rings. The summed E-state index contributed by atoms with van der Waals surface area (Å²) >= 11 is 0. The maximum absolute atomic E-state index is 13.8. The molecule has 1 aromatic carbocycles. The van der Waals surface area contributed by atoms with Crippen LogP contribution in [0.4, 0.5) is 4.39 Å². The number of hydrogen-bond donors (Lipinski definition) is 0. The summed E-state index contributed by atoms with van der Waals surface area (Å²) < 4.78 is 16.1. The van der Waals surface area contributed by atoms with Gasteiger partial charge in [-0.05, 0) is 36.7 Å². The van der Waals surface area contributed by atoms with Gasteiger partial charge in [0.2, 0.25) is 0 Å². The summed E-state index contributed by atoms with van der Waals surface area (Å²) in [5.41, 5.74) is 3.57. The van der Waals surface area contributed by atoms with Crippen LogP contribution in [0.3, 0.4) is 0 Å². The number of halogens is 1. The molecule has 3 heterocycles. The van der Waals surface area contributed by atoms with Crippen molar-refractivity contribution in [3.05, 3.63) is 41.9 Å². The third-order valence-electron chi connectivity index (χ3n) is 4.44. The molecule has 0 saturated carbocycles. The first-order valence-corrected chi connectivity index (χ1v) is 6.84. The molecule has 2 atom stereocenters. The average Bonchev–Trinajstić information content (AvgIpc) is 2.74. The molecule has 2 aromatic rings. The fourth-order valence-electron chi connectivity index (χ4n) is 3.67. The molecule has 2 nitrogen and oxygen atoms in total. The molecular formula is C16H17FN2. The molecular weight excluding hydrogens is 239 g/mol. The summed E-state index contributed by atoms with van der Waals surface area (Å²) in [5, 5.41) is 1.01. The largest absolute Gasteiger partial charge is 0.345 e. The van der Waals surface area contributed by atoms with Gasteiger partial charge in [-0.25, -0.2) is 4.39 Å². The molecule has 98 valence electrons. The second kappa shape index (κ2) is 3.70. The van der Waals surface area contributed by atoms with Crippen LogP contribution in [0.25, 0.3) is 16.5 Å². The number of benzene rings is 1. The van der Waals surface area contributed by atoms with Crippen molar-refractivity contribution in [1.82, 2.24) is 9.47 Å². The van der Waals surface area contributed by atoms with Gasteiger partial charge in [-0.15, -0.1) is 0 Å². The molecule has 0 spiro atoms. The van der Waals surface area contributed by atoms with Crippen LogP contribution in [0.15, 0.2) is 30.5 Å². The first kappa shape index (κ1) is 11.2. The second-order valence-corrected chi connectivity index (χ2v) is 5.91. The van der Waals surface area contributed by atoms with Crippen molar-refractivity contribution in [3.8, 4) is 0 Å². The molecule has 0 amide bonds. The summed E-state index contributed by atoms with van der Waals surface area (Å²) in [6.07, 6.45) is 4.41. The Labute approximate surface area is 112 Å². The van der Waals surface area contributed by atoms with Gasteiger partial charge in [0.25, 0.3) is 0 Å². The quantitative estimate of drug-likeness (QED) is 0.703. The molecule has 2 aliphatic heterocycles. The SMILES string of the molecule is C[C@@H]1C=C2c3cc(F)cc4ccn(c34)C[C@@H]2N(C)C1. The first-order valence-electron chi connectivity index (χ1n) is 6.84. The number of aromatic nitrogens is 1. The van der Waals surface area contributed by atoms with Crippen molar-refractivity contribution in [2.24, 2.45) is 5.92 Å². The second-order valence-electron chi connectivity index (χ2n) is 5.91. The van der Waals surface area contributed by atoms with Crippen LogP contribution in [0.5, 0.6) is 0 Å². The first-order chi connectivity index (χ1) is 9.13. The molecule has 1 aromatic heterocycles. The molecule has 3 heteroatoms. The van der Waals surface area contributed by atoms with Crippen molar-refractivity contribution >= 4 is 16.5 Å². The van der Waals surface area contributed by atoms with Crippen molar-refractivity contribution < 1.29 is 4.39 Å². The van der Waals surface area contributed by atoms with Gasteiger partial charge in [0.1, 0.15) is 5.82 Å². The zero-order chi connectivity index (χ0) is 13.1. The summed E-state index contributed by atoms with van der Waals surface area (Å²) in [5.74, 6) is 0.388. The third kappa shape index (κ3) is 1.51. The Bertz CT molecular complexity index is 698. The minimum Gasteiger partial charge on any atom is -0.345 e. The zero-order valence-corrected chi connectivity index (χ0v) is 11.2. The van der Waals surface area contributed by atoms with E-state index in [1.54, 1.807) is 12.1 Å². The monoisotopic (exact) mass is 256 g/mol. The highest BCUT2D eigenvalue weighted by Gasteiger charge is 2.32. The van der Waals surface area contributed by atoms with Crippen LogP contribution in [0.2, 0.25) is 0 Å². The van der Waals surface area contributed by atoms with Crippen molar-refractivity contribution in [1.29, 1.82) is 0 Å². The van der Waals surface area contributed by atoms with E-state index >= 15 is 0 Å². The summed E-state index contributed by atoms with van der Waals surface area (Å²) in [6, 6.07) is 5.72. The highest BCUT2D eigenvalue weighted by atomic mass is 19.1. The van der Waals surface area contributed by atoms with Gasteiger partial charge in [-0.1, -0.05) is 13.0 Å². The van der Waals surface area contributed by atoms with Crippen LogP contribution in [-0.4, -0.2) is 29.1 Å². The standard InChI is InChI=1S/C16H17FN2/c1-10-5-13-14-7-12(17)6-11-3-4-19(16(11)14)9-15(13)18(2)8-10/h3-7,10,15H,8-9H2,1-2H3/t10-,15+/m1/s1. The predicted molar refractivity (Wildman–Crippen MR) is 75.5 cm³/mol. The molecule has 0 saturated heterocycles. The van der Waals surface area contributed by atoms with E-state index in [0.717, 1.165) is 24.0 Å². The Morgan fingerprint density at radius 2 is 2.11 bits per heavy atom. The zero-order valence-electron chi connectivity index (χ0n) is 11.2. The number of nitrogens with zero attached hydrogens (tertiary/aromatic N) is 2. The van der Waals surface area contributed by atoms with E-state index in [-0.39, 0.29) is 5.82 Å². The van der Waals surface area contributed by atoms with Crippen molar-refractivity contribution in [3.63, 3.8) is 0 Å². The van der Waals surface area contributed by atoms with Crippen LogP contribution in [0.1, 0.15) is 12.5 Å². The van der Waals surface area contributed by atoms with Crippen molar-refractivity contribution in [2.45, 2.75) is 19.5 Å². The topological polar surface area (TPSA) is 8.17 Å². The summed E-state index contributed by atoms with van der Waals surface area (Å²) in [6.45, 7) is 4.27. The molecule has 2 aliphatic rings. The Morgan fingerprint density at radius 3 is 2.95 bits per heavy atom. The number of rotatable bonds is 0. The van der Waals surface area contributed by atoms with Gasteiger partial charge >= 0.3 is 0 Å². The lowest BCUT2D eigenvalue weighted by Crippen LogP contribution is -2.43. The average molecular weight is 256 g/mol. The van der Waals surface area contributed by atoms with Gasteiger partial charge in [0.05, 0.1) is 11.6 Å². The van der Waals surface area contributed by atoms with E-state index in [9.17, 15) is 4.39 Å². The molecule has 4 rings (SSSR count). The minimum atomic E-state index is -0.136. The van der Waals surface area contributed by atoms with E-state index in [1.165, 1.54) is 11.1 Å². The number of fused-ring (bicyclic) bond motifs is 2. The number of hydrogen-bond acceptors (Lipinski definition) is 1. The molecule has 0 bridgehead atoms. The van der Waals surface area contributed by atoms with E-state index in [2.05, 4.69) is 35.7 Å². The van der Waals surface area contributed by atoms with Crippen LogP contribution in [-0.2, 0) is 6.54 Å². The molecule has 19 heavy (non-hydrogen) atoms. The van der Waals surface area contributed by atoms with Crippen LogP contribution >= 0.6 is 0 Å². The lowest BCUT2D eigenvalue weighted by molar-refractivity contribution is 0.234. The minimum absolute atomic E-state index is 0.136. The van der Waals surface area contributed by atoms with Crippen LogP contribution in [0, 0.1) is 11.7 Å². The normalized spacial score (nSPS) is 26.4. The van der Waals surface area contributed by atoms with Gasteiger partial charge in [0, 0.05) is 30.2 Å². The fourth-order valence-corrected chi connectivity index (χ4v) is 3.67.